The zero-order valence-corrected chi connectivity index (χ0v) is 9.12. The molecular weight excluding hydrogens is 190 g/mol. The fourth-order valence-electron chi connectivity index (χ4n) is 2.16. The quantitative estimate of drug-likeness (QED) is 0.811. The van der Waals surface area contributed by atoms with E-state index in [0.29, 0.717) is 0 Å². The average molecular weight is 207 g/mol. The van der Waals surface area contributed by atoms with E-state index in [1.807, 2.05) is 0 Å². The molecule has 15 heavy (non-hydrogen) atoms. The van der Waals surface area contributed by atoms with Gasteiger partial charge in [-0.05, 0) is 38.6 Å². The third kappa shape index (κ3) is 1.78. The highest BCUT2D eigenvalue weighted by molar-refractivity contribution is 5.08. The van der Waals surface area contributed by atoms with Crippen LogP contribution in [0, 0.1) is 5.92 Å². The lowest BCUT2D eigenvalue weighted by atomic mass is 9.90. The summed E-state index contributed by atoms with van der Waals surface area (Å²) in [6.07, 6.45) is 4.77. The van der Waals surface area contributed by atoms with Crippen LogP contribution in [0.15, 0.2) is 4.52 Å². The monoisotopic (exact) mass is 207 g/mol. The maximum absolute atomic E-state index is 5.38. The number of nitrogens with zero attached hydrogens (tertiary/aromatic N) is 2. The van der Waals surface area contributed by atoms with E-state index in [-0.39, 0.29) is 5.41 Å². The van der Waals surface area contributed by atoms with E-state index < -0.39 is 0 Å². The highest BCUT2D eigenvalue weighted by Gasteiger charge is 2.36. The van der Waals surface area contributed by atoms with Crippen molar-refractivity contribution < 1.29 is 4.52 Å². The van der Waals surface area contributed by atoms with Gasteiger partial charge in [-0.25, -0.2) is 0 Å². The minimum absolute atomic E-state index is 0.0643. The molecular formula is C11H17N3O. The molecule has 1 aliphatic carbocycles. The van der Waals surface area contributed by atoms with E-state index in [1.165, 1.54) is 12.8 Å². The molecule has 3 rings (SSSR count). The summed E-state index contributed by atoms with van der Waals surface area (Å²) >= 11 is 0. The first-order valence-electron chi connectivity index (χ1n) is 5.80. The number of hydrogen-bond acceptors (Lipinski definition) is 4. The second kappa shape index (κ2) is 3.30. The molecule has 82 valence electrons. The van der Waals surface area contributed by atoms with Gasteiger partial charge in [-0.3, -0.25) is 0 Å². The fourth-order valence-corrected chi connectivity index (χ4v) is 2.16. The number of hydrogen-bond donors (Lipinski definition) is 1. The van der Waals surface area contributed by atoms with Crippen molar-refractivity contribution in [3.63, 3.8) is 0 Å². The Bertz CT molecular complexity index is 350. The van der Waals surface area contributed by atoms with Gasteiger partial charge >= 0.3 is 0 Å². The minimum Gasteiger partial charge on any atom is -0.339 e. The second-order valence-corrected chi connectivity index (χ2v) is 5.15. The topological polar surface area (TPSA) is 51.0 Å². The molecule has 1 aromatic rings. The molecule has 0 aromatic carbocycles. The van der Waals surface area contributed by atoms with Crippen molar-refractivity contribution in [2.24, 2.45) is 5.92 Å². The molecule has 1 aliphatic heterocycles. The maximum atomic E-state index is 5.38. The lowest BCUT2D eigenvalue weighted by molar-refractivity contribution is 0.304. The van der Waals surface area contributed by atoms with Gasteiger partial charge in [-0.2, -0.15) is 4.98 Å². The normalized spacial score (nSPS) is 31.0. The zero-order valence-electron chi connectivity index (χ0n) is 9.12. The molecule has 1 saturated heterocycles. The van der Waals surface area contributed by atoms with E-state index >= 15 is 0 Å². The second-order valence-electron chi connectivity index (χ2n) is 5.15. The van der Waals surface area contributed by atoms with Gasteiger partial charge in [-0.1, -0.05) is 5.16 Å². The summed E-state index contributed by atoms with van der Waals surface area (Å²) < 4.78 is 5.38. The molecule has 2 fully saturated rings. The van der Waals surface area contributed by atoms with Crippen LogP contribution in [0.2, 0.25) is 0 Å². The van der Waals surface area contributed by atoms with Gasteiger partial charge in [-0.15, -0.1) is 0 Å². The summed E-state index contributed by atoms with van der Waals surface area (Å²) in [5, 5.41) is 7.42. The van der Waals surface area contributed by atoms with E-state index in [1.54, 1.807) is 0 Å². The first kappa shape index (κ1) is 9.33. The molecule has 1 aromatic heterocycles. The van der Waals surface area contributed by atoms with Crippen LogP contribution in [0.25, 0.3) is 0 Å². The lowest BCUT2D eigenvalue weighted by Gasteiger charge is -2.15. The smallest absolute Gasteiger partial charge is 0.233 e. The summed E-state index contributed by atoms with van der Waals surface area (Å²) in [5.41, 5.74) is 0.0643. The standard InChI is InChI=1S/C11H17N3O/c1-11(4-5-12-7-11)10-13-9(14-15-10)6-8-2-3-8/h8,12H,2-7H2,1H3. The van der Waals surface area contributed by atoms with E-state index in [4.69, 9.17) is 4.52 Å². The minimum atomic E-state index is 0.0643. The van der Waals surface area contributed by atoms with Crippen LogP contribution in [-0.2, 0) is 11.8 Å². The van der Waals surface area contributed by atoms with Crippen molar-refractivity contribution >= 4 is 0 Å². The van der Waals surface area contributed by atoms with E-state index in [0.717, 1.165) is 43.6 Å². The van der Waals surface area contributed by atoms with Crippen LogP contribution < -0.4 is 5.32 Å². The molecule has 0 radical (unpaired) electrons. The van der Waals surface area contributed by atoms with E-state index in [2.05, 4.69) is 22.4 Å². The molecule has 1 saturated carbocycles. The molecule has 4 heteroatoms. The van der Waals surface area contributed by atoms with Crippen molar-refractivity contribution in [2.75, 3.05) is 13.1 Å². The number of aromatic nitrogens is 2. The molecule has 0 spiro atoms. The Morgan fingerprint density at radius 1 is 1.53 bits per heavy atom. The third-order valence-corrected chi connectivity index (χ3v) is 3.52. The molecule has 0 bridgehead atoms. The molecule has 2 aliphatic rings. The first-order valence-corrected chi connectivity index (χ1v) is 5.80. The van der Waals surface area contributed by atoms with Gasteiger partial charge in [0.2, 0.25) is 5.89 Å². The average Bonchev–Trinajstić information content (AvgIpc) is 2.73. The van der Waals surface area contributed by atoms with E-state index in [9.17, 15) is 0 Å². The third-order valence-electron chi connectivity index (χ3n) is 3.52. The van der Waals surface area contributed by atoms with Crippen molar-refractivity contribution in [1.82, 2.24) is 15.5 Å². The Hall–Kier alpha value is -0.900. The van der Waals surface area contributed by atoms with Crippen molar-refractivity contribution in [3.05, 3.63) is 11.7 Å². The summed E-state index contributed by atoms with van der Waals surface area (Å²) in [7, 11) is 0. The van der Waals surface area contributed by atoms with Crippen LogP contribution in [0.5, 0.6) is 0 Å². The van der Waals surface area contributed by atoms with Crippen molar-refractivity contribution in [3.8, 4) is 0 Å². The van der Waals surface area contributed by atoms with Gasteiger partial charge in [0, 0.05) is 13.0 Å². The Kier molecular flexibility index (Phi) is 2.06. The fraction of sp³-hybridized carbons (Fsp3) is 0.818. The molecule has 1 atom stereocenters. The van der Waals surface area contributed by atoms with Crippen LogP contribution >= 0.6 is 0 Å². The molecule has 2 heterocycles. The van der Waals surface area contributed by atoms with Gasteiger partial charge in [0.05, 0.1) is 5.41 Å². The molecule has 1 N–H and O–H groups in total. The Labute approximate surface area is 89.4 Å². The first-order chi connectivity index (χ1) is 7.26. The van der Waals surface area contributed by atoms with Gasteiger partial charge in [0.15, 0.2) is 5.82 Å². The maximum Gasteiger partial charge on any atom is 0.233 e. The van der Waals surface area contributed by atoms with Crippen molar-refractivity contribution in [1.29, 1.82) is 0 Å². The van der Waals surface area contributed by atoms with Crippen molar-refractivity contribution in [2.45, 2.75) is 38.0 Å². The highest BCUT2D eigenvalue weighted by Crippen LogP contribution is 2.33. The van der Waals surface area contributed by atoms with Gasteiger partial charge in [0.1, 0.15) is 0 Å². The van der Waals surface area contributed by atoms with Crippen LogP contribution in [0.1, 0.15) is 37.9 Å². The predicted octanol–water partition coefficient (Wildman–Crippen LogP) is 1.27. The number of nitrogens with one attached hydrogen (secondary N) is 1. The molecule has 4 nitrogen and oxygen atoms in total. The largest absolute Gasteiger partial charge is 0.339 e. The Balaban J connectivity index is 1.76. The van der Waals surface area contributed by atoms with Crippen LogP contribution in [0.3, 0.4) is 0 Å². The Morgan fingerprint density at radius 2 is 2.40 bits per heavy atom. The van der Waals surface area contributed by atoms with Crippen LogP contribution in [-0.4, -0.2) is 23.2 Å². The van der Waals surface area contributed by atoms with Gasteiger partial charge < -0.3 is 9.84 Å². The Morgan fingerprint density at radius 3 is 3.07 bits per heavy atom. The summed E-state index contributed by atoms with van der Waals surface area (Å²) in [4.78, 5) is 4.53. The summed E-state index contributed by atoms with van der Waals surface area (Å²) in [5.74, 6) is 2.55. The molecule has 0 amide bonds. The predicted molar refractivity (Wildman–Crippen MR) is 55.6 cm³/mol. The summed E-state index contributed by atoms with van der Waals surface area (Å²) in [6.45, 7) is 4.20. The summed E-state index contributed by atoms with van der Waals surface area (Å²) in [6, 6.07) is 0. The highest BCUT2D eigenvalue weighted by atomic mass is 16.5. The molecule has 1 unspecified atom stereocenters. The van der Waals surface area contributed by atoms with Gasteiger partial charge in [0.25, 0.3) is 0 Å². The zero-order chi connectivity index (χ0) is 10.3. The SMILES string of the molecule is CC1(c2nc(CC3CC3)no2)CCNC1. The lowest BCUT2D eigenvalue weighted by Crippen LogP contribution is -2.25. The van der Waals surface area contributed by atoms with Crippen LogP contribution in [0.4, 0.5) is 0 Å². The number of rotatable bonds is 3.